The molecule has 0 spiro atoms. The lowest BCUT2D eigenvalue weighted by Crippen LogP contribution is -2.43. The van der Waals surface area contributed by atoms with Crippen LogP contribution in [0.4, 0.5) is 0 Å². The molecule has 0 heterocycles. The van der Waals surface area contributed by atoms with Gasteiger partial charge in [-0.25, -0.2) is 0 Å². The van der Waals surface area contributed by atoms with Gasteiger partial charge in [-0.15, -0.1) is 23.5 Å². The first-order chi connectivity index (χ1) is 27.6. The second-order valence-corrected chi connectivity index (χ2v) is 16.5. The SMILES string of the molecule is CCN(CC)CCN(CCSC(c1ccccc1)(c1ccccc1)c1ccccc1)CC(=O)NCCSC(c1ccccc1)(c1ccccc1)c1ccccc1. The molecule has 0 fully saturated rings. The van der Waals surface area contributed by atoms with Gasteiger partial charge in [-0.05, 0) is 46.5 Å². The van der Waals surface area contributed by atoms with Crippen LogP contribution in [0.5, 0.6) is 0 Å². The lowest BCUT2D eigenvalue weighted by Gasteiger charge is -2.36. The van der Waals surface area contributed by atoms with Crippen LogP contribution < -0.4 is 5.32 Å². The number of hydrogen-bond acceptors (Lipinski definition) is 5. The Morgan fingerprint density at radius 1 is 0.446 bits per heavy atom. The normalized spacial score (nSPS) is 11.9. The highest BCUT2D eigenvalue weighted by Crippen LogP contribution is 2.49. The van der Waals surface area contributed by atoms with Crippen LogP contribution >= 0.6 is 23.5 Å². The molecule has 0 atom stereocenters. The van der Waals surface area contributed by atoms with Gasteiger partial charge >= 0.3 is 0 Å². The Balaban J connectivity index is 1.18. The van der Waals surface area contributed by atoms with E-state index in [0.717, 1.165) is 44.2 Å². The third-order valence-corrected chi connectivity index (χ3v) is 13.6. The molecule has 0 aliphatic rings. The van der Waals surface area contributed by atoms with E-state index in [4.69, 9.17) is 0 Å². The van der Waals surface area contributed by atoms with Crippen LogP contribution in [0.15, 0.2) is 182 Å². The van der Waals surface area contributed by atoms with Gasteiger partial charge in [0, 0.05) is 37.7 Å². The molecule has 0 saturated heterocycles. The third kappa shape index (κ3) is 10.0. The second kappa shape index (κ2) is 21.1. The van der Waals surface area contributed by atoms with E-state index in [0.29, 0.717) is 13.1 Å². The number of benzene rings is 6. The molecule has 6 rings (SSSR count). The Kier molecular flexibility index (Phi) is 15.5. The molecule has 1 N–H and O–H groups in total. The van der Waals surface area contributed by atoms with Crippen LogP contribution in [-0.4, -0.2) is 73.0 Å². The van der Waals surface area contributed by atoms with Gasteiger partial charge in [0.05, 0.1) is 16.0 Å². The highest BCUT2D eigenvalue weighted by Gasteiger charge is 2.38. The molecule has 288 valence electrons. The molecule has 1 amide bonds. The van der Waals surface area contributed by atoms with E-state index in [1.165, 1.54) is 33.4 Å². The van der Waals surface area contributed by atoms with Crippen LogP contribution in [0, 0.1) is 0 Å². The predicted molar refractivity (Wildman–Crippen MR) is 241 cm³/mol. The summed E-state index contributed by atoms with van der Waals surface area (Å²) in [5, 5.41) is 3.32. The van der Waals surface area contributed by atoms with Gasteiger partial charge < -0.3 is 10.2 Å². The molecule has 0 saturated carbocycles. The maximum Gasteiger partial charge on any atom is 0.234 e. The fourth-order valence-electron chi connectivity index (χ4n) is 7.61. The quantitative estimate of drug-likeness (QED) is 0.0582. The monoisotopic (exact) mass is 777 g/mol. The minimum atomic E-state index is -0.412. The van der Waals surface area contributed by atoms with Crippen molar-refractivity contribution in [3.05, 3.63) is 215 Å². The van der Waals surface area contributed by atoms with E-state index < -0.39 is 9.49 Å². The Bertz CT molecular complexity index is 1800. The van der Waals surface area contributed by atoms with Crippen molar-refractivity contribution in [1.29, 1.82) is 0 Å². The molecule has 0 aliphatic carbocycles. The molecular formula is C50H55N3OS2. The van der Waals surface area contributed by atoms with E-state index >= 15 is 0 Å². The maximum absolute atomic E-state index is 13.8. The van der Waals surface area contributed by atoms with Crippen molar-refractivity contribution in [2.75, 3.05) is 57.3 Å². The number of thioether (sulfide) groups is 2. The van der Waals surface area contributed by atoms with Crippen molar-refractivity contribution in [3.63, 3.8) is 0 Å². The highest BCUT2D eigenvalue weighted by atomic mass is 32.2. The first-order valence-corrected chi connectivity index (χ1v) is 21.9. The van der Waals surface area contributed by atoms with Crippen LogP contribution in [-0.2, 0) is 14.3 Å². The molecule has 0 unspecified atom stereocenters. The lowest BCUT2D eigenvalue weighted by atomic mass is 9.84. The van der Waals surface area contributed by atoms with Gasteiger partial charge in [0.2, 0.25) is 5.91 Å². The van der Waals surface area contributed by atoms with Gasteiger partial charge in [0.15, 0.2) is 0 Å². The maximum atomic E-state index is 13.8. The first kappa shape index (κ1) is 41.1. The summed E-state index contributed by atoms with van der Waals surface area (Å²) < 4.78 is -0.805. The smallest absolute Gasteiger partial charge is 0.234 e. The number of carbonyl (C=O) groups excluding carboxylic acids is 1. The van der Waals surface area contributed by atoms with Gasteiger partial charge in [0.25, 0.3) is 0 Å². The molecule has 4 nitrogen and oxygen atoms in total. The zero-order valence-electron chi connectivity index (χ0n) is 32.8. The van der Waals surface area contributed by atoms with E-state index in [2.05, 4.69) is 211 Å². The minimum Gasteiger partial charge on any atom is -0.354 e. The largest absolute Gasteiger partial charge is 0.354 e. The van der Waals surface area contributed by atoms with Gasteiger partial charge in [-0.3, -0.25) is 9.69 Å². The summed E-state index contributed by atoms with van der Waals surface area (Å²) in [6.45, 7) is 9.90. The number of nitrogens with one attached hydrogen (secondary N) is 1. The van der Waals surface area contributed by atoms with Crippen LogP contribution in [0.25, 0.3) is 0 Å². The van der Waals surface area contributed by atoms with Crippen molar-refractivity contribution in [3.8, 4) is 0 Å². The van der Waals surface area contributed by atoms with Gasteiger partial charge in [-0.1, -0.05) is 196 Å². The average Bonchev–Trinajstić information content (AvgIpc) is 3.27. The Morgan fingerprint density at radius 2 is 0.750 bits per heavy atom. The molecule has 56 heavy (non-hydrogen) atoms. The number of likely N-dealkylation sites (N-methyl/N-ethyl adjacent to an activating group) is 1. The topological polar surface area (TPSA) is 35.6 Å². The Labute approximate surface area is 343 Å². The van der Waals surface area contributed by atoms with Crippen molar-refractivity contribution in [2.24, 2.45) is 0 Å². The van der Waals surface area contributed by atoms with Crippen molar-refractivity contribution in [2.45, 2.75) is 23.3 Å². The summed E-state index contributed by atoms with van der Waals surface area (Å²) in [7, 11) is 0. The number of rotatable bonds is 21. The molecule has 6 aromatic rings. The van der Waals surface area contributed by atoms with Crippen LogP contribution in [0.2, 0.25) is 0 Å². The standard InChI is InChI=1S/C50H55N3OS2/c1-3-52(4-2)36-37-53(38-40-56-50(45-29-17-8-18-30-45,46-31-19-9-20-32-46)47-33-21-10-22-34-47)41-48(54)51-35-39-55-49(42-23-11-5-12-24-42,43-25-13-6-14-26-43)44-27-15-7-16-28-44/h5-34H,3-4,35-41H2,1-2H3,(H,51,54). The fraction of sp³-hybridized carbons (Fsp3) is 0.260. The number of hydrogen-bond donors (Lipinski definition) is 1. The molecule has 6 heteroatoms. The van der Waals surface area contributed by atoms with Gasteiger partial charge in [-0.2, -0.15) is 0 Å². The van der Waals surface area contributed by atoms with E-state index in [1.807, 2.05) is 23.5 Å². The molecule has 6 aromatic carbocycles. The molecule has 0 radical (unpaired) electrons. The Hall–Kier alpha value is -4.59. The summed E-state index contributed by atoms with van der Waals surface area (Å²) in [4.78, 5) is 18.6. The summed E-state index contributed by atoms with van der Waals surface area (Å²) in [6, 6.07) is 64.8. The van der Waals surface area contributed by atoms with Gasteiger partial charge in [0.1, 0.15) is 0 Å². The summed E-state index contributed by atoms with van der Waals surface area (Å²) >= 11 is 3.84. The second-order valence-electron chi connectivity index (χ2n) is 13.9. The average molecular weight is 778 g/mol. The zero-order chi connectivity index (χ0) is 38.9. The van der Waals surface area contributed by atoms with E-state index in [-0.39, 0.29) is 5.91 Å². The number of nitrogens with zero attached hydrogens (tertiary/aromatic N) is 2. The fourth-order valence-corrected chi connectivity index (χ4v) is 10.6. The summed E-state index contributed by atoms with van der Waals surface area (Å²) in [5.74, 6) is 1.68. The van der Waals surface area contributed by atoms with Crippen molar-refractivity contribution >= 4 is 29.4 Å². The van der Waals surface area contributed by atoms with Crippen LogP contribution in [0.3, 0.4) is 0 Å². The van der Waals surface area contributed by atoms with E-state index in [9.17, 15) is 4.79 Å². The Morgan fingerprint density at radius 3 is 1.07 bits per heavy atom. The highest BCUT2D eigenvalue weighted by molar-refractivity contribution is 8.00. The van der Waals surface area contributed by atoms with Crippen molar-refractivity contribution in [1.82, 2.24) is 15.1 Å². The number of amides is 1. The predicted octanol–water partition coefficient (Wildman–Crippen LogP) is 10.2. The van der Waals surface area contributed by atoms with Crippen LogP contribution in [0.1, 0.15) is 47.2 Å². The lowest BCUT2D eigenvalue weighted by molar-refractivity contribution is -0.122. The van der Waals surface area contributed by atoms with E-state index in [1.54, 1.807) is 0 Å². The summed E-state index contributed by atoms with van der Waals surface area (Å²) in [6.07, 6.45) is 0. The molecule has 0 aromatic heterocycles. The minimum absolute atomic E-state index is 0.0697. The van der Waals surface area contributed by atoms with Crippen molar-refractivity contribution < 1.29 is 4.79 Å². The zero-order valence-corrected chi connectivity index (χ0v) is 34.4. The number of carbonyl (C=O) groups is 1. The first-order valence-electron chi connectivity index (χ1n) is 19.9. The summed E-state index contributed by atoms with van der Waals surface area (Å²) in [5.41, 5.74) is 7.45. The molecule has 0 aliphatic heterocycles. The third-order valence-electron chi connectivity index (χ3n) is 10.5. The molecule has 0 bridgehead atoms. The molecular weight excluding hydrogens is 723 g/mol.